The lowest BCUT2D eigenvalue weighted by molar-refractivity contribution is 0.0944. The Labute approximate surface area is 173 Å². The highest BCUT2D eigenvalue weighted by molar-refractivity contribution is 5.97. The van der Waals surface area contributed by atoms with Gasteiger partial charge in [-0.2, -0.15) is 10.4 Å². The Bertz CT molecular complexity index is 1110. The van der Waals surface area contributed by atoms with Crippen LogP contribution in [0.5, 0.6) is 0 Å². The molecule has 3 aromatic rings. The van der Waals surface area contributed by atoms with E-state index in [-0.39, 0.29) is 11.4 Å². The molecule has 3 rings (SSSR count). The number of carbonyl (C=O) groups excluding carboxylic acids is 2. The van der Waals surface area contributed by atoms with E-state index in [2.05, 4.69) is 31.8 Å². The van der Waals surface area contributed by atoms with E-state index in [1.54, 1.807) is 30.2 Å². The van der Waals surface area contributed by atoms with E-state index >= 15 is 0 Å². The van der Waals surface area contributed by atoms with Crippen molar-refractivity contribution in [3.63, 3.8) is 0 Å². The summed E-state index contributed by atoms with van der Waals surface area (Å²) in [5.41, 5.74) is 3.56. The summed E-state index contributed by atoms with van der Waals surface area (Å²) in [5, 5.41) is 18.6. The Kier molecular flexibility index (Phi) is 6.49. The van der Waals surface area contributed by atoms with Gasteiger partial charge in [0.2, 0.25) is 0 Å². The summed E-state index contributed by atoms with van der Waals surface area (Å²) >= 11 is 0. The van der Waals surface area contributed by atoms with Gasteiger partial charge in [0, 0.05) is 38.0 Å². The maximum absolute atomic E-state index is 12.5. The molecule has 9 heteroatoms. The van der Waals surface area contributed by atoms with E-state index in [9.17, 15) is 9.59 Å². The minimum Gasteiger partial charge on any atom is -0.347 e. The van der Waals surface area contributed by atoms with Gasteiger partial charge in [-0.1, -0.05) is 13.0 Å². The molecule has 0 saturated carbocycles. The fourth-order valence-corrected chi connectivity index (χ4v) is 2.90. The molecule has 30 heavy (non-hydrogen) atoms. The molecule has 2 N–H and O–H groups in total. The van der Waals surface area contributed by atoms with Crippen LogP contribution in [0.2, 0.25) is 0 Å². The molecule has 0 spiro atoms. The molecule has 0 atom stereocenters. The van der Waals surface area contributed by atoms with Crippen LogP contribution in [0.25, 0.3) is 0 Å². The van der Waals surface area contributed by atoms with Gasteiger partial charge in [0.1, 0.15) is 17.7 Å². The van der Waals surface area contributed by atoms with E-state index in [0.29, 0.717) is 18.7 Å². The van der Waals surface area contributed by atoms with E-state index in [4.69, 9.17) is 5.26 Å². The largest absolute Gasteiger partial charge is 0.347 e. The van der Waals surface area contributed by atoms with Crippen LogP contribution in [-0.4, -0.2) is 31.6 Å². The second kappa shape index (κ2) is 9.43. The maximum Gasteiger partial charge on any atom is 0.270 e. The summed E-state index contributed by atoms with van der Waals surface area (Å²) in [5.74, 6) is -0.819. The maximum atomic E-state index is 12.5. The highest BCUT2D eigenvalue weighted by Gasteiger charge is 2.14. The second-order valence-corrected chi connectivity index (χ2v) is 6.62. The Hall–Kier alpha value is -4.06. The molecule has 1 aromatic carbocycles. The lowest BCUT2D eigenvalue weighted by Gasteiger charge is -2.10. The molecule has 0 aliphatic carbocycles. The third-order valence-corrected chi connectivity index (χ3v) is 4.50. The van der Waals surface area contributed by atoms with Crippen molar-refractivity contribution in [2.75, 3.05) is 0 Å². The highest BCUT2D eigenvalue weighted by Crippen LogP contribution is 2.13. The van der Waals surface area contributed by atoms with E-state index in [0.717, 1.165) is 23.1 Å². The smallest absolute Gasteiger partial charge is 0.270 e. The van der Waals surface area contributed by atoms with Crippen LogP contribution in [0.4, 0.5) is 0 Å². The van der Waals surface area contributed by atoms with Gasteiger partial charge in [-0.25, -0.2) is 9.97 Å². The monoisotopic (exact) mass is 403 g/mol. The first kappa shape index (κ1) is 20.7. The Balaban J connectivity index is 1.63. The summed E-state index contributed by atoms with van der Waals surface area (Å²) in [6.45, 7) is 2.58. The fourth-order valence-electron chi connectivity index (χ4n) is 2.90. The van der Waals surface area contributed by atoms with Gasteiger partial charge in [-0.05, 0) is 29.7 Å². The Morgan fingerprint density at radius 1 is 1.07 bits per heavy atom. The predicted molar refractivity (Wildman–Crippen MR) is 108 cm³/mol. The van der Waals surface area contributed by atoms with Crippen LogP contribution < -0.4 is 10.6 Å². The predicted octanol–water partition coefficient (Wildman–Crippen LogP) is 1.50. The zero-order valence-corrected chi connectivity index (χ0v) is 16.7. The van der Waals surface area contributed by atoms with Gasteiger partial charge >= 0.3 is 0 Å². The quantitative estimate of drug-likeness (QED) is 0.616. The zero-order valence-electron chi connectivity index (χ0n) is 16.7. The molecule has 9 nitrogen and oxygen atoms in total. The van der Waals surface area contributed by atoms with Gasteiger partial charge in [0.25, 0.3) is 11.8 Å². The lowest BCUT2D eigenvalue weighted by Crippen LogP contribution is -2.27. The number of hydrogen-bond donors (Lipinski definition) is 2. The SMILES string of the molecule is CCc1cc(C#N)ccc1CNC(=O)c1cc(C(=O)NCc2cnn(C)c2)ncn1. The number of aromatic nitrogens is 4. The molecular formula is C21H21N7O2. The standard InChI is InChI=1S/C21H21N7O2/c1-3-16-6-14(8-22)4-5-17(16)11-24-21(30)19-7-18(25-13-26-19)20(29)23-9-15-10-27-28(2)12-15/h4-7,10,12-13H,3,9,11H2,1-2H3,(H,23,29)(H,24,30). The van der Waals surface area contributed by atoms with E-state index in [1.807, 2.05) is 19.1 Å². The normalized spacial score (nSPS) is 10.3. The summed E-state index contributed by atoms with van der Waals surface area (Å²) in [6, 6.07) is 8.83. The molecule has 0 fully saturated rings. The number of benzene rings is 1. The van der Waals surface area contributed by atoms with E-state index in [1.165, 1.54) is 12.4 Å². The van der Waals surface area contributed by atoms with Crippen LogP contribution in [0.3, 0.4) is 0 Å². The molecule has 0 bridgehead atoms. The minimum absolute atomic E-state index is 0.100. The molecule has 0 aliphatic heterocycles. The van der Waals surface area contributed by atoms with Crippen molar-refractivity contribution >= 4 is 11.8 Å². The van der Waals surface area contributed by atoms with Gasteiger partial charge in [-0.3, -0.25) is 14.3 Å². The Morgan fingerprint density at radius 2 is 1.77 bits per heavy atom. The first-order valence-corrected chi connectivity index (χ1v) is 9.38. The number of hydrogen-bond acceptors (Lipinski definition) is 6. The number of amides is 2. The van der Waals surface area contributed by atoms with Crippen molar-refractivity contribution in [1.82, 2.24) is 30.4 Å². The molecule has 2 aromatic heterocycles. The van der Waals surface area contributed by atoms with Crippen molar-refractivity contribution in [2.45, 2.75) is 26.4 Å². The average molecular weight is 403 g/mol. The number of nitrogens with one attached hydrogen (secondary N) is 2. The fraction of sp³-hybridized carbons (Fsp3) is 0.238. The van der Waals surface area contributed by atoms with Crippen LogP contribution in [0.15, 0.2) is 43.0 Å². The van der Waals surface area contributed by atoms with Crippen LogP contribution in [-0.2, 0) is 26.6 Å². The number of nitriles is 1. The van der Waals surface area contributed by atoms with Crippen molar-refractivity contribution in [3.8, 4) is 6.07 Å². The molecular weight excluding hydrogens is 382 g/mol. The van der Waals surface area contributed by atoms with E-state index < -0.39 is 11.8 Å². The van der Waals surface area contributed by atoms with Crippen molar-refractivity contribution < 1.29 is 9.59 Å². The summed E-state index contributed by atoms with van der Waals surface area (Å²) < 4.78 is 1.65. The lowest BCUT2D eigenvalue weighted by atomic mass is 10.0. The van der Waals surface area contributed by atoms with Crippen molar-refractivity contribution in [2.24, 2.45) is 7.05 Å². The molecule has 0 radical (unpaired) electrons. The molecule has 2 heterocycles. The zero-order chi connectivity index (χ0) is 21.5. The van der Waals surface area contributed by atoms with Crippen LogP contribution >= 0.6 is 0 Å². The van der Waals surface area contributed by atoms with Gasteiger partial charge in [-0.15, -0.1) is 0 Å². The average Bonchev–Trinajstić information content (AvgIpc) is 3.20. The van der Waals surface area contributed by atoms with Gasteiger partial charge in [0.15, 0.2) is 0 Å². The number of nitrogens with zero attached hydrogens (tertiary/aromatic N) is 5. The van der Waals surface area contributed by atoms with Gasteiger partial charge < -0.3 is 10.6 Å². The molecule has 0 unspecified atom stereocenters. The molecule has 2 amide bonds. The number of aryl methyl sites for hydroxylation is 2. The topological polar surface area (TPSA) is 126 Å². The first-order valence-electron chi connectivity index (χ1n) is 9.38. The summed E-state index contributed by atoms with van der Waals surface area (Å²) in [6.07, 6.45) is 5.39. The summed E-state index contributed by atoms with van der Waals surface area (Å²) in [4.78, 5) is 32.8. The molecule has 0 aliphatic rings. The van der Waals surface area contributed by atoms with Crippen molar-refractivity contribution in [1.29, 1.82) is 5.26 Å². The highest BCUT2D eigenvalue weighted by atomic mass is 16.2. The van der Waals surface area contributed by atoms with Crippen LogP contribution in [0, 0.1) is 11.3 Å². The molecule has 152 valence electrons. The molecule has 0 saturated heterocycles. The van der Waals surface area contributed by atoms with Gasteiger partial charge in [0.05, 0.1) is 17.8 Å². The number of rotatable bonds is 7. The Morgan fingerprint density at radius 3 is 2.37 bits per heavy atom. The van der Waals surface area contributed by atoms with Crippen LogP contribution in [0.1, 0.15) is 50.2 Å². The third-order valence-electron chi connectivity index (χ3n) is 4.50. The third kappa shape index (κ3) is 5.05. The minimum atomic E-state index is -0.412. The number of carbonyl (C=O) groups is 2. The first-order chi connectivity index (χ1) is 14.5. The van der Waals surface area contributed by atoms with Crippen molar-refractivity contribution in [3.05, 3.63) is 76.6 Å². The second-order valence-electron chi connectivity index (χ2n) is 6.62. The summed E-state index contributed by atoms with van der Waals surface area (Å²) in [7, 11) is 1.79.